The molecule has 0 radical (unpaired) electrons. The van der Waals surface area contributed by atoms with E-state index in [1.165, 1.54) is 58.3 Å². The second-order valence-electron chi connectivity index (χ2n) is 4.42. The van der Waals surface area contributed by atoms with Gasteiger partial charge in [-0.3, -0.25) is 0 Å². The maximum Gasteiger partial charge on any atom is 0.00914 e. The highest BCUT2D eigenvalue weighted by molar-refractivity contribution is 4.76. The Morgan fingerprint density at radius 3 is 2.43 bits per heavy atom. The van der Waals surface area contributed by atoms with Gasteiger partial charge in [-0.2, -0.15) is 0 Å². The minimum atomic E-state index is 0.801. The van der Waals surface area contributed by atoms with E-state index in [0.29, 0.717) is 0 Å². The van der Waals surface area contributed by atoms with Gasteiger partial charge >= 0.3 is 0 Å². The summed E-state index contributed by atoms with van der Waals surface area (Å²) in [6.45, 7) is 9.64. The second-order valence-corrected chi connectivity index (χ2v) is 4.42. The van der Waals surface area contributed by atoms with Gasteiger partial charge in [0.15, 0.2) is 0 Å². The number of hydrogen-bond donors (Lipinski definition) is 1. The topological polar surface area (TPSA) is 15.3 Å². The van der Waals surface area contributed by atoms with E-state index in [1.54, 1.807) is 0 Å². The predicted molar refractivity (Wildman–Crippen MR) is 62.7 cm³/mol. The third kappa shape index (κ3) is 4.43. The van der Waals surface area contributed by atoms with Crippen LogP contribution in [-0.2, 0) is 0 Å². The van der Waals surface area contributed by atoms with E-state index >= 15 is 0 Å². The zero-order chi connectivity index (χ0) is 10.2. The summed E-state index contributed by atoms with van der Waals surface area (Å²) >= 11 is 0. The number of nitrogens with zero attached hydrogens (tertiary/aromatic N) is 1. The zero-order valence-corrected chi connectivity index (χ0v) is 9.89. The van der Waals surface area contributed by atoms with Gasteiger partial charge < -0.3 is 10.2 Å². The first-order valence-electron chi connectivity index (χ1n) is 6.32. The van der Waals surface area contributed by atoms with Gasteiger partial charge in [-0.1, -0.05) is 20.3 Å². The lowest BCUT2D eigenvalue weighted by atomic mass is 10.0. The molecule has 1 heterocycles. The Labute approximate surface area is 89.1 Å². The van der Waals surface area contributed by atoms with Crippen molar-refractivity contribution in [1.82, 2.24) is 10.2 Å². The van der Waals surface area contributed by atoms with Gasteiger partial charge in [-0.05, 0) is 51.9 Å². The van der Waals surface area contributed by atoms with Crippen molar-refractivity contribution in [3.63, 3.8) is 0 Å². The number of likely N-dealkylation sites (tertiary alicyclic amines) is 1. The molecule has 1 aliphatic heterocycles. The van der Waals surface area contributed by atoms with Crippen LogP contribution in [0.5, 0.6) is 0 Å². The fourth-order valence-corrected chi connectivity index (χ4v) is 2.16. The summed E-state index contributed by atoms with van der Waals surface area (Å²) in [4.78, 5) is 2.60. The van der Waals surface area contributed by atoms with E-state index in [1.807, 2.05) is 0 Å². The lowest BCUT2D eigenvalue weighted by Gasteiger charge is -2.32. The molecule has 1 saturated heterocycles. The zero-order valence-electron chi connectivity index (χ0n) is 9.89. The number of nitrogens with one attached hydrogen (secondary N) is 1. The van der Waals surface area contributed by atoms with Crippen molar-refractivity contribution < 1.29 is 0 Å². The molecule has 14 heavy (non-hydrogen) atoms. The van der Waals surface area contributed by atoms with E-state index in [9.17, 15) is 0 Å². The highest BCUT2D eigenvalue weighted by Crippen LogP contribution is 2.10. The van der Waals surface area contributed by atoms with Crippen LogP contribution in [0.15, 0.2) is 0 Å². The van der Waals surface area contributed by atoms with E-state index in [0.717, 1.165) is 6.04 Å². The molecular formula is C12H26N2. The molecule has 2 nitrogen and oxygen atoms in total. The van der Waals surface area contributed by atoms with Gasteiger partial charge in [0.2, 0.25) is 0 Å². The highest BCUT2D eigenvalue weighted by atomic mass is 15.1. The van der Waals surface area contributed by atoms with Crippen molar-refractivity contribution in [3.05, 3.63) is 0 Å². The van der Waals surface area contributed by atoms with Gasteiger partial charge in [-0.25, -0.2) is 0 Å². The number of hydrogen-bond acceptors (Lipinski definition) is 2. The third-order valence-electron chi connectivity index (χ3n) is 3.09. The maximum atomic E-state index is 3.66. The first kappa shape index (κ1) is 12.0. The molecule has 1 aliphatic rings. The first-order chi connectivity index (χ1) is 6.86. The van der Waals surface area contributed by atoms with Gasteiger partial charge in [0, 0.05) is 6.04 Å². The maximum absolute atomic E-state index is 3.66. The van der Waals surface area contributed by atoms with E-state index < -0.39 is 0 Å². The second kappa shape index (κ2) is 7.24. The fraction of sp³-hybridized carbons (Fsp3) is 1.00. The molecule has 0 spiro atoms. The van der Waals surface area contributed by atoms with Crippen molar-refractivity contribution in [3.8, 4) is 0 Å². The van der Waals surface area contributed by atoms with E-state index in [2.05, 4.69) is 24.1 Å². The van der Waals surface area contributed by atoms with Crippen LogP contribution in [0.2, 0.25) is 0 Å². The standard InChI is InChI=1S/C12H26N2/c1-3-5-8-13-12-6-10-14(9-4-2)11-7-12/h12-13H,3-11H2,1-2H3. The Kier molecular flexibility index (Phi) is 6.20. The third-order valence-corrected chi connectivity index (χ3v) is 3.09. The lowest BCUT2D eigenvalue weighted by molar-refractivity contribution is 0.198. The van der Waals surface area contributed by atoms with E-state index in [4.69, 9.17) is 0 Å². The number of piperidine rings is 1. The summed E-state index contributed by atoms with van der Waals surface area (Å²) in [5.74, 6) is 0. The molecule has 0 bridgehead atoms. The fourth-order valence-electron chi connectivity index (χ4n) is 2.16. The highest BCUT2D eigenvalue weighted by Gasteiger charge is 2.17. The van der Waals surface area contributed by atoms with Crippen molar-refractivity contribution in [2.75, 3.05) is 26.2 Å². The molecule has 84 valence electrons. The molecule has 0 aliphatic carbocycles. The molecule has 0 aromatic heterocycles. The minimum Gasteiger partial charge on any atom is -0.314 e. The Morgan fingerprint density at radius 1 is 1.14 bits per heavy atom. The quantitative estimate of drug-likeness (QED) is 0.659. The van der Waals surface area contributed by atoms with Crippen LogP contribution in [0, 0.1) is 0 Å². The van der Waals surface area contributed by atoms with Crippen LogP contribution in [0.1, 0.15) is 46.0 Å². The molecule has 0 saturated carbocycles. The van der Waals surface area contributed by atoms with Gasteiger partial charge in [0.05, 0.1) is 0 Å². The van der Waals surface area contributed by atoms with Gasteiger partial charge in [-0.15, -0.1) is 0 Å². The van der Waals surface area contributed by atoms with Crippen LogP contribution in [0.25, 0.3) is 0 Å². The van der Waals surface area contributed by atoms with Crippen molar-refractivity contribution in [2.24, 2.45) is 0 Å². The molecule has 0 unspecified atom stereocenters. The van der Waals surface area contributed by atoms with Crippen molar-refractivity contribution >= 4 is 0 Å². The molecule has 1 fully saturated rings. The Bertz CT molecular complexity index is 128. The van der Waals surface area contributed by atoms with E-state index in [-0.39, 0.29) is 0 Å². The summed E-state index contributed by atoms with van der Waals surface area (Å²) in [5.41, 5.74) is 0. The summed E-state index contributed by atoms with van der Waals surface area (Å²) < 4.78 is 0. The Hall–Kier alpha value is -0.0800. The SMILES string of the molecule is CCCCNC1CCN(CCC)CC1. The molecule has 0 atom stereocenters. The average Bonchev–Trinajstić information content (AvgIpc) is 2.21. The largest absolute Gasteiger partial charge is 0.314 e. The minimum absolute atomic E-state index is 0.801. The van der Waals surface area contributed by atoms with Crippen molar-refractivity contribution in [2.45, 2.75) is 52.0 Å². The first-order valence-corrected chi connectivity index (χ1v) is 6.32. The lowest BCUT2D eigenvalue weighted by Crippen LogP contribution is -2.42. The Balaban J connectivity index is 2.03. The normalized spacial score (nSPS) is 20.1. The van der Waals surface area contributed by atoms with Gasteiger partial charge in [0.1, 0.15) is 0 Å². The molecule has 1 N–H and O–H groups in total. The van der Waals surface area contributed by atoms with Crippen LogP contribution < -0.4 is 5.32 Å². The molecule has 2 heteroatoms. The predicted octanol–water partition coefficient (Wildman–Crippen LogP) is 2.25. The van der Waals surface area contributed by atoms with Crippen LogP contribution in [0.4, 0.5) is 0 Å². The molecular weight excluding hydrogens is 172 g/mol. The summed E-state index contributed by atoms with van der Waals surface area (Å²) in [5, 5.41) is 3.66. The Morgan fingerprint density at radius 2 is 1.86 bits per heavy atom. The molecule has 1 rings (SSSR count). The van der Waals surface area contributed by atoms with Crippen LogP contribution in [0.3, 0.4) is 0 Å². The van der Waals surface area contributed by atoms with Crippen molar-refractivity contribution in [1.29, 1.82) is 0 Å². The molecule has 0 aromatic carbocycles. The summed E-state index contributed by atoms with van der Waals surface area (Å²) in [7, 11) is 0. The number of rotatable bonds is 6. The molecule has 0 aromatic rings. The summed E-state index contributed by atoms with van der Waals surface area (Å²) in [6, 6.07) is 0.801. The van der Waals surface area contributed by atoms with Crippen LogP contribution >= 0.6 is 0 Å². The summed E-state index contributed by atoms with van der Waals surface area (Å²) in [6.07, 6.45) is 6.64. The van der Waals surface area contributed by atoms with Gasteiger partial charge in [0.25, 0.3) is 0 Å². The average molecular weight is 198 g/mol. The molecule has 0 amide bonds. The smallest absolute Gasteiger partial charge is 0.00914 e. The van der Waals surface area contributed by atoms with Crippen LogP contribution in [-0.4, -0.2) is 37.1 Å². The monoisotopic (exact) mass is 198 g/mol. The number of unbranched alkanes of at least 4 members (excludes halogenated alkanes) is 1.